The third-order valence-corrected chi connectivity index (χ3v) is 5.72. The van der Waals surface area contributed by atoms with Crippen LogP contribution < -0.4 is 5.32 Å². The van der Waals surface area contributed by atoms with Crippen LogP contribution in [-0.2, 0) is 9.59 Å². The molecule has 21 heavy (non-hydrogen) atoms. The third kappa shape index (κ3) is 2.43. The average Bonchev–Trinajstić information content (AvgIpc) is 3.07. The molecule has 6 nitrogen and oxygen atoms in total. The SMILES string of the molecule is CC(C)c1cc(NC(=O)C2CSC3(C)CCC(=O)N23)n[nH]1. The number of aromatic nitrogens is 2. The van der Waals surface area contributed by atoms with E-state index < -0.39 is 6.04 Å². The highest BCUT2D eigenvalue weighted by Gasteiger charge is 2.52. The molecule has 0 radical (unpaired) electrons. The lowest BCUT2D eigenvalue weighted by Gasteiger charge is -2.29. The van der Waals surface area contributed by atoms with E-state index in [0.717, 1.165) is 12.1 Å². The minimum Gasteiger partial charge on any atom is -0.315 e. The molecule has 2 aliphatic heterocycles. The smallest absolute Gasteiger partial charge is 0.249 e. The van der Waals surface area contributed by atoms with Gasteiger partial charge in [-0.1, -0.05) is 13.8 Å². The first-order chi connectivity index (χ1) is 9.90. The second-order valence-corrected chi connectivity index (χ2v) is 7.62. The highest BCUT2D eigenvalue weighted by Crippen LogP contribution is 2.47. The molecule has 0 spiro atoms. The van der Waals surface area contributed by atoms with Gasteiger partial charge in [0.05, 0.1) is 4.87 Å². The molecule has 114 valence electrons. The maximum absolute atomic E-state index is 12.5. The van der Waals surface area contributed by atoms with Crippen molar-refractivity contribution in [1.29, 1.82) is 0 Å². The number of fused-ring (bicyclic) bond motifs is 1. The van der Waals surface area contributed by atoms with E-state index in [-0.39, 0.29) is 16.7 Å². The van der Waals surface area contributed by atoms with Gasteiger partial charge in [-0.25, -0.2) is 0 Å². The van der Waals surface area contributed by atoms with Crippen molar-refractivity contribution in [3.63, 3.8) is 0 Å². The van der Waals surface area contributed by atoms with E-state index in [1.807, 2.05) is 13.0 Å². The molecule has 2 saturated heterocycles. The van der Waals surface area contributed by atoms with Crippen molar-refractivity contribution in [3.8, 4) is 0 Å². The van der Waals surface area contributed by atoms with E-state index in [1.54, 1.807) is 16.7 Å². The van der Waals surface area contributed by atoms with Crippen molar-refractivity contribution >= 4 is 29.4 Å². The number of anilines is 1. The molecule has 1 aromatic rings. The molecule has 3 heterocycles. The van der Waals surface area contributed by atoms with Crippen molar-refractivity contribution in [3.05, 3.63) is 11.8 Å². The predicted molar refractivity (Wildman–Crippen MR) is 82.0 cm³/mol. The van der Waals surface area contributed by atoms with Crippen LogP contribution in [0.3, 0.4) is 0 Å². The Bertz CT molecular complexity index is 585. The number of aromatic amines is 1. The van der Waals surface area contributed by atoms with Crippen LogP contribution in [0.1, 0.15) is 45.2 Å². The molecule has 0 aliphatic carbocycles. The molecule has 0 aromatic carbocycles. The van der Waals surface area contributed by atoms with E-state index >= 15 is 0 Å². The summed E-state index contributed by atoms with van der Waals surface area (Å²) in [5.74, 6) is 1.42. The molecule has 0 saturated carbocycles. The van der Waals surface area contributed by atoms with Crippen LogP contribution in [0.15, 0.2) is 6.07 Å². The monoisotopic (exact) mass is 308 g/mol. The molecule has 2 atom stereocenters. The van der Waals surface area contributed by atoms with Crippen LogP contribution in [0.2, 0.25) is 0 Å². The summed E-state index contributed by atoms with van der Waals surface area (Å²) in [6, 6.07) is 1.45. The first-order valence-corrected chi connectivity index (χ1v) is 8.21. The van der Waals surface area contributed by atoms with Crippen molar-refractivity contribution < 1.29 is 9.59 Å². The first-order valence-electron chi connectivity index (χ1n) is 7.23. The fourth-order valence-corrected chi connectivity index (χ4v) is 4.35. The van der Waals surface area contributed by atoms with Crippen LogP contribution in [0.5, 0.6) is 0 Å². The zero-order chi connectivity index (χ0) is 15.2. The third-order valence-electron chi connectivity index (χ3n) is 4.22. The lowest BCUT2D eigenvalue weighted by Crippen LogP contribution is -2.48. The van der Waals surface area contributed by atoms with E-state index in [9.17, 15) is 9.59 Å². The van der Waals surface area contributed by atoms with Gasteiger partial charge in [-0.05, 0) is 19.3 Å². The summed E-state index contributed by atoms with van der Waals surface area (Å²) in [4.78, 5) is 26.0. The average molecular weight is 308 g/mol. The predicted octanol–water partition coefficient (Wildman–Crippen LogP) is 1.93. The largest absolute Gasteiger partial charge is 0.315 e. The van der Waals surface area contributed by atoms with Gasteiger partial charge in [0.25, 0.3) is 0 Å². The van der Waals surface area contributed by atoms with E-state index in [4.69, 9.17) is 0 Å². The number of amides is 2. The number of H-pyrrole nitrogens is 1. The maximum Gasteiger partial charge on any atom is 0.249 e. The van der Waals surface area contributed by atoms with Crippen molar-refractivity contribution in [2.24, 2.45) is 0 Å². The lowest BCUT2D eigenvalue weighted by molar-refractivity contribution is -0.135. The van der Waals surface area contributed by atoms with Gasteiger partial charge >= 0.3 is 0 Å². The van der Waals surface area contributed by atoms with Crippen molar-refractivity contribution in [1.82, 2.24) is 15.1 Å². The zero-order valence-corrected chi connectivity index (χ0v) is 13.3. The van der Waals surface area contributed by atoms with Gasteiger partial charge in [0, 0.05) is 23.9 Å². The molecule has 2 amide bonds. The number of carbonyl (C=O) groups excluding carboxylic acids is 2. The first kappa shape index (κ1) is 14.4. The van der Waals surface area contributed by atoms with Crippen LogP contribution in [0.4, 0.5) is 5.82 Å². The number of carbonyl (C=O) groups is 2. The Balaban J connectivity index is 1.72. The number of thioether (sulfide) groups is 1. The van der Waals surface area contributed by atoms with E-state index in [2.05, 4.69) is 29.4 Å². The quantitative estimate of drug-likeness (QED) is 0.894. The van der Waals surface area contributed by atoms with Crippen LogP contribution >= 0.6 is 11.8 Å². The molecular formula is C14H20N4O2S. The second kappa shape index (κ2) is 5.05. The fourth-order valence-electron chi connectivity index (χ4n) is 2.92. The summed E-state index contributed by atoms with van der Waals surface area (Å²) in [6.07, 6.45) is 1.35. The Morgan fingerprint density at radius 2 is 2.38 bits per heavy atom. The molecule has 7 heteroatoms. The molecule has 0 bridgehead atoms. The van der Waals surface area contributed by atoms with Gasteiger partial charge in [0.1, 0.15) is 6.04 Å². The summed E-state index contributed by atoms with van der Waals surface area (Å²) in [6.45, 7) is 6.16. The van der Waals surface area contributed by atoms with Crippen LogP contribution in [0, 0.1) is 0 Å². The standard InChI is InChI=1S/C14H20N4O2S/c1-8(2)9-6-11(17-16-9)15-13(20)10-7-21-14(3)5-4-12(19)18(10)14/h6,8,10H,4-5,7H2,1-3H3,(H2,15,16,17,20). The number of nitrogens with one attached hydrogen (secondary N) is 2. The Labute approximate surface area is 128 Å². The van der Waals surface area contributed by atoms with Gasteiger partial charge in [-0.2, -0.15) is 5.10 Å². The molecule has 2 aliphatic rings. The van der Waals surface area contributed by atoms with Gasteiger partial charge in [-0.3, -0.25) is 14.7 Å². The van der Waals surface area contributed by atoms with Gasteiger partial charge in [-0.15, -0.1) is 11.8 Å². The summed E-state index contributed by atoms with van der Waals surface area (Å²) < 4.78 is 0. The highest BCUT2D eigenvalue weighted by atomic mass is 32.2. The lowest BCUT2D eigenvalue weighted by atomic mass is 10.1. The van der Waals surface area contributed by atoms with Gasteiger partial charge in [0.2, 0.25) is 11.8 Å². The zero-order valence-electron chi connectivity index (χ0n) is 12.5. The molecular weight excluding hydrogens is 288 g/mol. The molecule has 3 rings (SSSR count). The van der Waals surface area contributed by atoms with Crippen LogP contribution in [0.25, 0.3) is 0 Å². The Morgan fingerprint density at radius 3 is 3.05 bits per heavy atom. The molecule has 1 aromatic heterocycles. The number of rotatable bonds is 3. The summed E-state index contributed by atoms with van der Waals surface area (Å²) >= 11 is 1.69. The maximum atomic E-state index is 12.5. The molecule has 2 unspecified atom stereocenters. The summed E-state index contributed by atoms with van der Waals surface area (Å²) in [5, 5.41) is 9.84. The highest BCUT2D eigenvalue weighted by molar-refractivity contribution is 8.01. The minimum absolute atomic E-state index is 0.0764. The minimum atomic E-state index is -0.394. The Morgan fingerprint density at radius 1 is 1.62 bits per heavy atom. The second-order valence-electron chi connectivity index (χ2n) is 6.12. The van der Waals surface area contributed by atoms with Gasteiger partial charge in [0.15, 0.2) is 5.82 Å². The summed E-state index contributed by atoms with van der Waals surface area (Å²) in [7, 11) is 0. The van der Waals surface area contributed by atoms with Crippen LogP contribution in [-0.4, -0.2) is 43.6 Å². The van der Waals surface area contributed by atoms with E-state index in [0.29, 0.717) is 23.9 Å². The number of nitrogens with zero attached hydrogens (tertiary/aromatic N) is 2. The molecule has 2 fully saturated rings. The molecule has 2 N–H and O–H groups in total. The van der Waals surface area contributed by atoms with Crippen molar-refractivity contribution in [2.45, 2.75) is 50.4 Å². The number of hydrogen-bond donors (Lipinski definition) is 2. The normalized spacial score (nSPS) is 28.3. The Hall–Kier alpha value is -1.50. The topological polar surface area (TPSA) is 78.1 Å². The van der Waals surface area contributed by atoms with E-state index in [1.165, 1.54) is 0 Å². The van der Waals surface area contributed by atoms with Crippen molar-refractivity contribution in [2.75, 3.05) is 11.1 Å². The fraction of sp³-hybridized carbons (Fsp3) is 0.643. The van der Waals surface area contributed by atoms with Gasteiger partial charge < -0.3 is 10.2 Å². The number of hydrogen-bond acceptors (Lipinski definition) is 4. The summed E-state index contributed by atoms with van der Waals surface area (Å²) in [5.41, 5.74) is 0.980. The Kier molecular flexibility index (Phi) is 3.47.